The largest absolute Gasteiger partial charge is 0.338 e. The van der Waals surface area contributed by atoms with Gasteiger partial charge >= 0.3 is 0 Å². The number of ether oxygens (including phenoxy) is 1. The lowest BCUT2D eigenvalue weighted by molar-refractivity contribution is -0.0149. The molecule has 3 nitrogen and oxygen atoms in total. The maximum absolute atomic E-state index is 5.10. The molecule has 8 heavy (non-hydrogen) atoms. The molecule has 2 aliphatic rings. The van der Waals surface area contributed by atoms with Crippen LogP contribution in [0.4, 0.5) is 0 Å². The summed E-state index contributed by atoms with van der Waals surface area (Å²) in [5.41, 5.74) is 0. The van der Waals surface area contributed by atoms with Crippen molar-refractivity contribution in [3.05, 3.63) is 0 Å². The van der Waals surface area contributed by atoms with E-state index in [2.05, 4.69) is 0 Å². The van der Waals surface area contributed by atoms with E-state index in [1.54, 1.807) is 7.11 Å². The molecule has 0 saturated carbocycles. The van der Waals surface area contributed by atoms with E-state index in [0.29, 0.717) is 0 Å². The van der Waals surface area contributed by atoms with Gasteiger partial charge in [-0.3, -0.25) is 0 Å². The van der Waals surface area contributed by atoms with E-state index in [-0.39, 0.29) is 5.91 Å². The maximum Gasteiger partial charge on any atom is 0.269 e. The van der Waals surface area contributed by atoms with Gasteiger partial charge in [0.2, 0.25) is 0 Å². The number of methoxy groups -OCH3 is 1. The highest BCUT2D eigenvalue weighted by atomic mass is 17.0. The number of fused-ring (bicyclic) bond motifs is 1. The maximum atomic E-state index is 5.10. The standard InChI is InChI=1S/C5H9NO2/c1-7-5-3-2-4-6(5)8-5/h2-4H2,1H3. The number of hydrogen-bond donors (Lipinski definition) is 0. The number of nitrogens with zero attached hydrogens (tertiary/aromatic N) is 1. The normalized spacial score (nSPS) is 51.4. The Bertz CT molecular complexity index is 113. The first-order valence-corrected chi connectivity index (χ1v) is 2.89. The van der Waals surface area contributed by atoms with Crippen molar-refractivity contribution >= 4 is 0 Å². The van der Waals surface area contributed by atoms with Crippen LogP contribution in [0.5, 0.6) is 0 Å². The van der Waals surface area contributed by atoms with Crippen molar-refractivity contribution in [1.29, 1.82) is 0 Å². The fourth-order valence-corrected chi connectivity index (χ4v) is 1.23. The van der Waals surface area contributed by atoms with Crippen LogP contribution in [0.25, 0.3) is 0 Å². The minimum atomic E-state index is -0.264. The van der Waals surface area contributed by atoms with Gasteiger partial charge in [0.1, 0.15) is 0 Å². The summed E-state index contributed by atoms with van der Waals surface area (Å²) in [6.45, 7) is 1.04. The lowest BCUT2D eigenvalue weighted by Crippen LogP contribution is -2.12. The van der Waals surface area contributed by atoms with E-state index in [1.807, 2.05) is 5.06 Å². The first-order chi connectivity index (χ1) is 3.87. The minimum Gasteiger partial charge on any atom is -0.338 e. The molecule has 2 aliphatic heterocycles. The van der Waals surface area contributed by atoms with Crippen LogP contribution in [-0.2, 0) is 9.57 Å². The molecule has 2 rings (SSSR count). The highest BCUT2D eigenvalue weighted by Crippen LogP contribution is 2.44. The zero-order valence-corrected chi connectivity index (χ0v) is 4.89. The molecular weight excluding hydrogens is 106 g/mol. The fourth-order valence-electron chi connectivity index (χ4n) is 1.23. The van der Waals surface area contributed by atoms with Crippen LogP contribution in [0.2, 0.25) is 0 Å². The number of rotatable bonds is 1. The third-order valence-corrected chi connectivity index (χ3v) is 1.77. The van der Waals surface area contributed by atoms with Crippen LogP contribution >= 0.6 is 0 Å². The van der Waals surface area contributed by atoms with E-state index in [4.69, 9.17) is 9.57 Å². The van der Waals surface area contributed by atoms with Crippen molar-refractivity contribution in [3.8, 4) is 0 Å². The summed E-state index contributed by atoms with van der Waals surface area (Å²) in [7, 11) is 1.69. The Morgan fingerprint density at radius 1 is 1.75 bits per heavy atom. The van der Waals surface area contributed by atoms with Crippen molar-refractivity contribution in [2.75, 3.05) is 13.7 Å². The average molecular weight is 115 g/mol. The summed E-state index contributed by atoms with van der Waals surface area (Å²) in [4.78, 5) is 5.10. The van der Waals surface area contributed by atoms with E-state index < -0.39 is 0 Å². The predicted molar refractivity (Wildman–Crippen MR) is 26.8 cm³/mol. The Morgan fingerprint density at radius 3 is 2.88 bits per heavy atom. The summed E-state index contributed by atoms with van der Waals surface area (Å²) in [6.07, 6.45) is 2.23. The van der Waals surface area contributed by atoms with Gasteiger partial charge in [-0.25, -0.2) is 4.84 Å². The highest BCUT2D eigenvalue weighted by molar-refractivity contribution is 4.83. The third kappa shape index (κ3) is 0.393. The van der Waals surface area contributed by atoms with Crippen LogP contribution < -0.4 is 0 Å². The van der Waals surface area contributed by atoms with Crippen LogP contribution in [0.15, 0.2) is 0 Å². The Labute approximate surface area is 48.1 Å². The van der Waals surface area contributed by atoms with Crippen molar-refractivity contribution in [2.24, 2.45) is 0 Å². The van der Waals surface area contributed by atoms with E-state index in [0.717, 1.165) is 13.0 Å². The van der Waals surface area contributed by atoms with Crippen molar-refractivity contribution < 1.29 is 9.57 Å². The lowest BCUT2D eigenvalue weighted by atomic mass is 10.3. The molecule has 0 radical (unpaired) electrons. The first-order valence-electron chi connectivity index (χ1n) is 2.89. The predicted octanol–water partition coefficient (Wildman–Crippen LogP) is 0.328. The Hall–Kier alpha value is -0.120. The Morgan fingerprint density at radius 2 is 2.62 bits per heavy atom. The summed E-state index contributed by atoms with van der Waals surface area (Å²) >= 11 is 0. The molecule has 0 bridgehead atoms. The topological polar surface area (TPSA) is 24.8 Å². The molecule has 0 spiro atoms. The van der Waals surface area contributed by atoms with E-state index >= 15 is 0 Å². The molecule has 0 aromatic rings. The molecular formula is C5H9NO2. The summed E-state index contributed by atoms with van der Waals surface area (Å²) in [6, 6.07) is 0. The summed E-state index contributed by atoms with van der Waals surface area (Å²) in [5, 5.41) is 1.88. The summed E-state index contributed by atoms with van der Waals surface area (Å²) in [5.74, 6) is -0.264. The van der Waals surface area contributed by atoms with Gasteiger partial charge in [-0.1, -0.05) is 0 Å². The third-order valence-electron chi connectivity index (χ3n) is 1.77. The average Bonchev–Trinajstić information content (AvgIpc) is 2.38. The molecule has 2 fully saturated rings. The van der Waals surface area contributed by atoms with Gasteiger partial charge in [0, 0.05) is 20.1 Å². The molecule has 0 aromatic carbocycles. The first kappa shape index (κ1) is 4.73. The van der Waals surface area contributed by atoms with Crippen LogP contribution in [0.1, 0.15) is 12.8 Å². The monoisotopic (exact) mass is 115 g/mol. The molecule has 0 amide bonds. The molecule has 0 N–H and O–H groups in total. The van der Waals surface area contributed by atoms with Gasteiger partial charge in [-0.15, -0.1) is 5.06 Å². The second kappa shape index (κ2) is 1.23. The molecule has 2 unspecified atom stereocenters. The number of hydrogen-bond acceptors (Lipinski definition) is 3. The smallest absolute Gasteiger partial charge is 0.269 e. The molecule has 46 valence electrons. The van der Waals surface area contributed by atoms with Crippen molar-refractivity contribution in [1.82, 2.24) is 5.06 Å². The number of hydroxylamine groups is 2. The summed E-state index contributed by atoms with van der Waals surface area (Å²) < 4.78 is 5.08. The van der Waals surface area contributed by atoms with Gasteiger partial charge < -0.3 is 4.74 Å². The second-order valence-corrected chi connectivity index (χ2v) is 2.21. The van der Waals surface area contributed by atoms with Gasteiger partial charge in [-0.2, -0.15) is 0 Å². The van der Waals surface area contributed by atoms with Gasteiger partial charge in [-0.05, 0) is 6.42 Å². The van der Waals surface area contributed by atoms with Crippen LogP contribution in [0, 0.1) is 0 Å². The van der Waals surface area contributed by atoms with E-state index in [1.165, 1.54) is 6.42 Å². The molecule has 2 heterocycles. The Balaban J connectivity index is 2.08. The van der Waals surface area contributed by atoms with Crippen molar-refractivity contribution in [2.45, 2.75) is 18.8 Å². The lowest BCUT2D eigenvalue weighted by Gasteiger charge is -1.98. The minimum absolute atomic E-state index is 0.264. The quantitative estimate of drug-likeness (QED) is 0.460. The van der Waals surface area contributed by atoms with Gasteiger partial charge in [0.25, 0.3) is 5.91 Å². The highest BCUT2D eigenvalue weighted by Gasteiger charge is 2.59. The fraction of sp³-hybridized carbons (Fsp3) is 1.00. The zero-order valence-electron chi connectivity index (χ0n) is 4.89. The second-order valence-electron chi connectivity index (χ2n) is 2.21. The van der Waals surface area contributed by atoms with Gasteiger partial charge in [0.05, 0.1) is 0 Å². The molecule has 0 aliphatic carbocycles. The SMILES string of the molecule is COC12CCCN1O2. The molecule has 2 saturated heterocycles. The van der Waals surface area contributed by atoms with E-state index in [9.17, 15) is 0 Å². The Kier molecular flexibility index (Phi) is 0.730. The molecule has 2 atom stereocenters. The molecule has 3 heteroatoms. The van der Waals surface area contributed by atoms with Crippen molar-refractivity contribution in [3.63, 3.8) is 0 Å². The molecule has 0 aromatic heterocycles. The zero-order chi connectivity index (χ0) is 5.61. The van der Waals surface area contributed by atoms with Crippen LogP contribution in [0.3, 0.4) is 0 Å². The van der Waals surface area contributed by atoms with Gasteiger partial charge in [0.15, 0.2) is 0 Å². The van der Waals surface area contributed by atoms with Crippen LogP contribution in [-0.4, -0.2) is 24.6 Å².